The third-order valence-corrected chi connectivity index (χ3v) is 12.9. The molecule has 2 aliphatic rings. The van der Waals surface area contributed by atoms with Crippen molar-refractivity contribution >= 4 is 55.6 Å². The molecule has 0 fully saturated rings. The van der Waals surface area contributed by atoms with Gasteiger partial charge in [-0.2, -0.15) is 0 Å². The van der Waals surface area contributed by atoms with E-state index in [0.717, 1.165) is 17.1 Å². The zero-order chi connectivity index (χ0) is 41.8. The Labute approximate surface area is 365 Å². The topological polar surface area (TPSA) is 6.48 Å². The molecule has 0 N–H and O–H groups in total. The lowest BCUT2D eigenvalue weighted by molar-refractivity contribution is 0.590. The van der Waals surface area contributed by atoms with Crippen molar-refractivity contribution < 1.29 is 0 Å². The van der Waals surface area contributed by atoms with Crippen molar-refractivity contribution in [1.29, 1.82) is 0 Å². The maximum Gasteiger partial charge on any atom is 0.0630 e. The zero-order valence-corrected chi connectivity index (χ0v) is 35.4. The number of hydrogen-bond acceptors (Lipinski definition) is 2. The summed E-state index contributed by atoms with van der Waals surface area (Å²) in [6.07, 6.45) is 7.23. The number of rotatable bonds is 7. The third-order valence-electron chi connectivity index (χ3n) is 12.9. The predicted octanol–water partition coefficient (Wildman–Crippen LogP) is 16.4. The molecular weight excluding hydrogens is 749 g/mol. The molecule has 0 bridgehead atoms. The van der Waals surface area contributed by atoms with Crippen molar-refractivity contribution in [1.82, 2.24) is 0 Å². The van der Waals surface area contributed by atoms with Gasteiger partial charge < -0.3 is 9.80 Å². The second-order valence-electron chi connectivity index (χ2n) is 17.7. The number of para-hydroxylation sites is 2. The fraction of sp³-hybridized carbons (Fsp3) is 0.100. The van der Waals surface area contributed by atoms with Crippen LogP contribution in [-0.4, -0.2) is 6.04 Å². The molecule has 1 heterocycles. The number of allylic oxidation sites excluding steroid dienone is 2. The normalized spacial score (nSPS) is 15.7. The van der Waals surface area contributed by atoms with Crippen LogP contribution < -0.4 is 9.80 Å². The molecule has 2 atom stereocenters. The van der Waals surface area contributed by atoms with E-state index in [0.29, 0.717) is 0 Å². The lowest BCUT2D eigenvalue weighted by Gasteiger charge is -2.31. The van der Waals surface area contributed by atoms with Gasteiger partial charge in [0, 0.05) is 34.4 Å². The van der Waals surface area contributed by atoms with Gasteiger partial charge in [0.1, 0.15) is 0 Å². The summed E-state index contributed by atoms with van der Waals surface area (Å²) in [6.45, 7) is 6.87. The van der Waals surface area contributed by atoms with Crippen molar-refractivity contribution in [3.8, 4) is 22.3 Å². The molecule has 298 valence electrons. The van der Waals surface area contributed by atoms with Crippen LogP contribution in [0.3, 0.4) is 0 Å². The highest BCUT2D eigenvalue weighted by Gasteiger charge is 2.38. The van der Waals surface area contributed by atoms with Crippen molar-refractivity contribution in [3.05, 3.63) is 241 Å². The minimum atomic E-state index is 0.0798. The lowest BCUT2D eigenvalue weighted by Crippen LogP contribution is -2.29. The van der Waals surface area contributed by atoms with Crippen molar-refractivity contribution in [2.75, 3.05) is 9.80 Å². The van der Waals surface area contributed by atoms with E-state index in [1.807, 2.05) is 0 Å². The first-order valence-electron chi connectivity index (χ1n) is 21.8. The molecule has 11 rings (SSSR count). The fourth-order valence-electron chi connectivity index (χ4n) is 9.92. The van der Waals surface area contributed by atoms with Crippen LogP contribution in [0.1, 0.15) is 43.4 Å². The van der Waals surface area contributed by atoms with E-state index in [4.69, 9.17) is 0 Å². The van der Waals surface area contributed by atoms with Crippen molar-refractivity contribution in [2.24, 2.45) is 0 Å². The average molecular weight is 797 g/mol. The van der Waals surface area contributed by atoms with Crippen LogP contribution in [0.15, 0.2) is 224 Å². The van der Waals surface area contributed by atoms with Crippen LogP contribution in [0.5, 0.6) is 0 Å². The minimum absolute atomic E-state index is 0.0798. The van der Waals surface area contributed by atoms with E-state index in [-0.39, 0.29) is 17.4 Å². The van der Waals surface area contributed by atoms with Crippen LogP contribution in [0.25, 0.3) is 49.4 Å². The van der Waals surface area contributed by atoms with Gasteiger partial charge in [0.15, 0.2) is 0 Å². The predicted molar refractivity (Wildman–Crippen MR) is 264 cm³/mol. The number of fused-ring (bicyclic) bond motifs is 5. The highest BCUT2D eigenvalue weighted by atomic mass is 15.2. The quantitative estimate of drug-likeness (QED) is 0.148. The van der Waals surface area contributed by atoms with E-state index in [1.54, 1.807) is 0 Å². The summed E-state index contributed by atoms with van der Waals surface area (Å²) in [6, 6.07) is 75.8. The lowest BCUT2D eigenvalue weighted by atomic mass is 9.85. The largest absolute Gasteiger partial charge is 0.333 e. The van der Waals surface area contributed by atoms with Gasteiger partial charge in [-0.25, -0.2) is 0 Å². The Morgan fingerprint density at radius 2 is 0.952 bits per heavy atom. The Kier molecular flexibility index (Phi) is 9.24. The standard InChI is InChI=1S/C60H48N2/c1-60(2,3)45-19-16-22-49(40-45)62-56-28-15-14-23-50(56)55-39-44(33-38-57(55)62)41-29-34-47(35-30-41)61(46-20-8-5-9-21-46)48-36-31-43(32-37-48)59-53-26-12-10-24-51(53)58(42-17-6-4-7-18-42)52-25-11-13-27-54(52)59/h4-40,55,57H,1-3H3. The molecule has 1 aliphatic heterocycles. The highest BCUT2D eigenvalue weighted by molar-refractivity contribution is 6.21. The summed E-state index contributed by atoms with van der Waals surface area (Å²) in [4.78, 5) is 4.90. The van der Waals surface area contributed by atoms with E-state index in [9.17, 15) is 0 Å². The van der Waals surface area contributed by atoms with E-state index >= 15 is 0 Å². The summed E-state index contributed by atoms with van der Waals surface area (Å²) < 4.78 is 0. The molecule has 0 saturated heterocycles. The fourth-order valence-corrected chi connectivity index (χ4v) is 9.92. The average Bonchev–Trinajstić information content (AvgIpc) is 3.65. The second kappa shape index (κ2) is 15.2. The minimum Gasteiger partial charge on any atom is -0.333 e. The molecule has 2 nitrogen and oxygen atoms in total. The molecule has 2 unspecified atom stereocenters. The first-order chi connectivity index (χ1) is 30.4. The van der Waals surface area contributed by atoms with Crippen molar-refractivity contribution in [2.45, 2.75) is 38.1 Å². The summed E-state index contributed by atoms with van der Waals surface area (Å²) in [7, 11) is 0. The van der Waals surface area contributed by atoms with Gasteiger partial charge >= 0.3 is 0 Å². The number of hydrogen-bond donors (Lipinski definition) is 0. The second-order valence-corrected chi connectivity index (χ2v) is 17.7. The van der Waals surface area contributed by atoms with Gasteiger partial charge in [-0.05, 0) is 126 Å². The first kappa shape index (κ1) is 37.6. The van der Waals surface area contributed by atoms with Gasteiger partial charge in [-0.1, -0.05) is 191 Å². The van der Waals surface area contributed by atoms with E-state index < -0.39 is 0 Å². The molecule has 2 heteroatoms. The maximum absolute atomic E-state index is 2.54. The SMILES string of the molecule is CC(C)(C)c1cccc(N2c3ccccc3C3C=C(c4ccc(N(c5ccccc5)c5ccc(-c6c7ccccc7c(-c7ccccc7)c7ccccc67)cc5)cc4)C=CC32)c1. The maximum atomic E-state index is 2.54. The Hall–Kier alpha value is -7.42. The summed E-state index contributed by atoms with van der Waals surface area (Å²) >= 11 is 0. The molecule has 0 radical (unpaired) electrons. The molecule has 9 aromatic carbocycles. The van der Waals surface area contributed by atoms with Crippen LogP contribution in [0.2, 0.25) is 0 Å². The number of anilines is 5. The number of nitrogens with zero attached hydrogens (tertiary/aromatic N) is 2. The van der Waals surface area contributed by atoms with Gasteiger partial charge in [0.2, 0.25) is 0 Å². The van der Waals surface area contributed by atoms with Crippen molar-refractivity contribution in [3.63, 3.8) is 0 Å². The van der Waals surface area contributed by atoms with E-state index in [1.165, 1.54) is 77.4 Å². The van der Waals surface area contributed by atoms with Crippen LogP contribution >= 0.6 is 0 Å². The Bertz CT molecular complexity index is 3100. The molecule has 0 spiro atoms. The smallest absolute Gasteiger partial charge is 0.0630 e. The summed E-state index contributed by atoms with van der Waals surface area (Å²) in [5.41, 5.74) is 16.2. The Morgan fingerprint density at radius 3 is 1.55 bits per heavy atom. The molecule has 9 aromatic rings. The summed E-state index contributed by atoms with van der Waals surface area (Å²) in [5, 5.41) is 5.05. The van der Waals surface area contributed by atoms with Gasteiger partial charge in [0.25, 0.3) is 0 Å². The van der Waals surface area contributed by atoms with Gasteiger partial charge in [0.05, 0.1) is 6.04 Å². The van der Waals surface area contributed by atoms with Gasteiger partial charge in [-0.3, -0.25) is 0 Å². The van der Waals surface area contributed by atoms with Crippen LogP contribution in [-0.2, 0) is 5.41 Å². The Balaban J connectivity index is 0.938. The third kappa shape index (κ3) is 6.51. The monoisotopic (exact) mass is 796 g/mol. The Morgan fingerprint density at radius 1 is 0.452 bits per heavy atom. The van der Waals surface area contributed by atoms with E-state index in [2.05, 4.69) is 255 Å². The molecule has 0 saturated carbocycles. The van der Waals surface area contributed by atoms with Gasteiger partial charge in [-0.15, -0.1) is 0 Å². The van der Waals surface area contributed by atoms with Crippen LogP contribution in [0, 0.1) is 0 Å². The molecule has 1 aliphatic carbocycles. The molecule has 0 aromatic heterocycles. The zero-order valence-electron chi connectivity index (χ0n) is 35.4. The summed E-state index contributed by atoms with van der Waals surface area (Å²) in [5.74, 6) is 0.257. The molecule has 62 heavy (non-hydrogen) atoms. The molecule has 0 amide bonds. The van der Waals surface area contributed by atoms with Crippen LogP contribution in [0.4, 0.5) is 28.4 Å². The first-order valence-corrected chi connectivity index (χ1v) is 21.8. The molecular formula is C60H48N2. The highest BCUT2D eigenvalue weighted by Crippen LogP contribution is 2.50. The number of benzene rings is 9.